The molecule has 1 aliphatic carbocycles. The number of aliphatic hydroxyl groups excluding tert-OH is 1. The van der Waals surface area contributed by atoms with Crippen LogP contribution in [0.1, 0.15) is 45.4 Å². The molecule has 1 atom stereocenters. The molecule has 2 aliphatic rings. The lowest BCUT2D eigenvalue weighted by molar-refractivity contribution is 0.141. The Hall–Kier alpha value is -0.120. The molecule has 0 radical (unpaired) electrons. The van der Waals surface area contributed by atoms with Crippen molar-refractivity contribution < 1.29 is 5.11 Å². The average molecular weight is 240 g/mol. The minimum Gasteiger partial charge on any atom is -0.394 e. The van der Waals surface area contributed by atoms with Crippen LogP contribution in [-0.4, -0.2) is 48.3 Å². The Balaban J connectivity index is 1.83. The van der Waals surface area contributed by atoms with E-state index in [-0.39, 0.29) is 5.54 Å². The van der Waals surface area contributed by atoms with E-state index in [2.05, 4.69) is 17.1 Å². The lowest BCUT2D eigenvalue weighted by Crippen LogP contribution is -2.50. The maximum atomic E-state index is 9.73. The van der Waals surface area contributed by atoms with Gasteiger partial charge in [0.05, 0.1) is 6.61 Å². The molecule has 0 bridgehead atoms. The first-order valence-corrected chi connectivity index (χ1v) is 7.36. The van der Waals surface area contributed by atoms with Crippen LogP contribution in [0, 0.1) is 5.92 Å². The summed E-state index contributed by atoms with van der Waals surface area (Å²) in [6, 6.07) is 0. The highest BCUT2D eigenvalue weighted by Crippen LogP contribution is 2.30. The van der Waals surface area contributed by atoms with Gasteiger partial charge >= 0.3 is 0 Å². The minimum absolute atomic E-state index is 0.0189. The second-order valence-electron chi connectivity index (χ2n) is 5.96. The number of nitrogens with zero attached hydrogens (tertiary/aromatic N) is 1. The van der Waals surface area contributed by atoms with Gasteiger partial charge in [0.15, 0.2) is 0 Å². The topological polar surface area (TPSA) is 35.5 Å². The summed E-state index contributed by atoms with van der Waals surface area (Å²) in [6.07, 6.45) is 7.47. The summed E-state index contributed by atoms with van der Waals surface area (Å²) in [4.78, 5) is 2.55. The third-order valence-electron chi connectivity index (χ3n) is 4.34. The summed E-state index contributed by atoms with van der Waals surface area (Å²) in [6.45, 7) is 7.24. The number of hydrogen-bond acceptors (Lipinski definition) is 3. The fraction of sp³-hybridized carbons (Fsp3) is 1.00. The smallest absolute Gasteiger partial charge is 0.0613 e. The van der Waals surface area contributed by atoms with Crippen LogP contribution in [-0.2, 0) is 0 Å². The molecule has 0 spiro atoms. The van der Waals surface area contributed by atoms with Gasteiger partial charge in [-0.05, 0) is 70.6 Å². The maximum absolute atomic E-state index is 9.73. The van der Waals surface area contributed by atoms with E-state index in [1.54, 1.807) is 0 Å². The van der Waals surface area contributed by atoms with E-state index in [0.717, 1.165) is 31.8 Å². The molecule has 0 aromatic carbocycles. The zero-order valence-corrected chi connectivity index (χ0v) is 11.2. The molecule has 1 unspecified atom stereocenters. The van der Waals surface area contributed by atoms with Gasteiger partial charge in [0.2, 0.25) is 0 Å². The first kappa shape index (κ1) is 13.3. The van der Waals surface area contributed by atoms with Gasteiger partial charge < -0.3 is 15.3 Å². The van der Waals surface area contributed by atoms with Crippen LogP contribution in [0.15, 0.2) is 0 Å². The third kappa shape index (κ3) is 3.94. The fourth-order valence-electron chi connectivity index (χ4n) is 2.86. The van der Waals surface area contributed by atoms with Gasteiger partial charge in [0.1, 0.15) is 0 Å². The van der Waals surface area contributed by atoms with Crippen molar-refractivity contribution in [2.24, 2.45) is 5.92 Å². The van der Waals surface area contributed by atoms with E-state index in [4.69, 9.17) is 0 Å². The normalized spacial score (nSPS) is 31.4. The molecule has 3 nitrogen and oxygen atoms in total. The van der Waals surface area contributed by atoms with Crippen LogP contribution in [0.5, 0.6) is 0 Å². The summed E-state index contributed by atoms with van der Waals surface area (Å²) < 4.78 is 0. The van der Waals surface area contributed by atoms with Crippen LogP contribution in [0.25, 0.3) is 0 Å². The van der Waals surface area contributed by atoms with Gasteiger partial charge in [0, 0.05) is 5.54 Å². The molecule has 1 heterocycles. The summed E-state index contributed by atoms with van der Waals surface area (Å²) in [5.74, 6) is 0.897. The van der Waals surface area contributed by atoms with Crippen molar-refractivity contribution in [3.63, 3.8) is 0 Å². The highest BCUT2D eigenvalue weighted by Gasteiger charge is 2.33. The van der Waals surface area contributed by atoms with Gasteiger partial charge in [0.25, 0.3) is 0 Å². The monoisotopic (exact) mass is 240 g/mol. The van der Waals surface area contributed by atoms with Crippen molar-refractivity contribution in [2.75, 3.05) is 32.8 Å². The average Bonchev–Trinajstić information content (AvgIpc) is 3.15. The molecular formula is C14H28N2O. The quantitative estimate of drug-likeness (QED) is 0.740. The van der Waals surface area contributed by atoms with E-state index >= 15 is 0 Å². The van der Waals surface area contributed by atoms with Gasteiger partial charge in [-0.2, -0.15) is 0 Å². The van der Waals surface area contributed by atoms with Crippen molar-refractivity contribution >= 4 is 0 Å². The molecule has 2 fully saturated rings. The third-order valence-corrected chi connectivity index (χ3v) is 4.34. The Kier molecular flexibility index (Phi) is 4.83. The second-order valence-corrected chi connectivity index (χ2v) is 5.96. The Morgan fingerprint density at radius 2 is 2.12 bits per heavy atom. The molecular weight excluding hydrogens is 212 g/mol. The van der Waals surface area contributed by atoms with Crippen molar-refractivity contribution in [2.45, 2.75) is 51.0 Å². The number of rotatable bonds is 6. The van der Waals surface area contributed by atoms with E-state index in [9.17, 15) is 5.11 Å². The fourth-order valence-corrected chi connectivity index (χ4v) is 2.86. The maximum Gasteiger partial charge on any atom is 0.0613 e. The van der Waals surface area contributed by atoms with Crippen LogP contribution in [0.2, 0.25) is 0 Å². The number of nitrogens with one attached hydrogen (secondary N) is 1. The summed E-state index contributed by atoms with van der Waals surface area (Å²) >= 11 is 0. The molecule has 100 valence electrons. The molecule has 1 saturated carbocycles. The van der Waals surface area contributed by atoms with Crippen LogP contribution >= 0.6 is 0 Å². The lowest BCUT2D eigenvalue weighted by atomic mass is 9.91. The van der Waals surface area contributed by atoms with E-state index < -0.39 is 0 Å². The first-order chi connectivity index (χ1) is 8.28. The van der Waals surface area contributed by atoms with E-state index in [1.807, 2.05) is 0 Å². The second kappa shape index (κ2) is 6.17. The van der Waals surface area contributed by atoms with Crippen molar-refractivity contribution in [1.82, 2.24) is 10.2 Å². The highest BCUT2D eigenvalue weighted by atomic mass is 16.3. The van der Waals surface area contributed by atoms with Crippen LogP contribution < -0.4 is 5.32 Å². The summed E-state index contributed by atoms with van der Waals surface area (Å²) in [5, 5.41) is 13.4. The lowest BCUT2D eigenvalue weighted by Gasteiger charge is -2.32. The van der Waals surface area contributed by atoms with E-state index in [1.165, 1.54) is 38.8 Å². The Morgan fingerprint density at radius 1 is 1.29 bits per heavy atom. The van der Waals surface area contributed by atoms with Crippen LogP contribution in [0.4, 0.5) is 0 Å². The predicted octanol–water partition coefficient (Wildman–Crippen LogP) is 1.61. The molecule has 0 aromatic rings. The predicted molar refractivity (Wildman–Crippen MR) is 71.1 cm³/mol. The van der Waals surface area contributed by atoms with Crippen molar-refractivity contribution in [3.05, 3.63) is 0 Å². The van der Waals surface area contributed by atoms with Gasteiger partial charge in [-0.3, -0.25) is 0 Å². The Labute approximate surface area is 106 Å². The number of likely N-dealkylation sites (tertiary alicyclic amines) is 1. The molecule has 2 rings (SSSR count). The summed E-state index contributed by atoms with van der Waals surface area (Å²) in [5.41, 5.74) is 0.0189. The summed E-state index contributed by atoms with van der Waals surface area (Å²) in [7, 11) is 0. The number of hydrogen-bond donors (Lipinski definition) is 2. The van der Waals surface area contributed by atoms with Crippen molar-refractivity contribution in [1.29, 1.82) is 0 Å². The Morgan fingerprint density at radius 3 is 2.76 bits per heavy atom. The standard InChI is InChI=1S/C14H28N2O/c1-2-8-16-9-3-6-14(12-17,7-10-16)15-11-13-4-5-13/h13,15,17H,2-12H2,1H3. The largest absolute Gasteiger partial charge is 0.394 e. The molecule has 17 heavy (non-hydrogen) atoms. The molecule has 2 N–H and O–H groups in total. The SMILES string of the molecule is CCCN1CCCC(CO)(NCC2CC2)CC1. The van der Waals surface area contributed by atoms with Crippen LogP contribution in [0.3, 0.4) is 0 Å². The highest BCUT2D eigenvalue weighted by molar-refractivity contribution is 4.92. The van der Waals surface area contributed by atoms with Crippen molar-refractivity contribution in [3.8, 4) is 0 Å². The Bertz CT molecular complexity index is 230. The number of aliphatic hydroxyl groups is 1. The van der Waals surface area contributed by atoms with Gasteiger partial charge in [-0.15, -0.1) is 0 Å². The zero-order valence-electron chi connectivity index (χ0n) is 11.2. The molecule has 3 heteroatoms. The zero-order chi connectivity index (χ0) is 12.1. The molecule has 0 amide bonds. The minimum atomic E-state index is 0.0189. The van der Waals surface area contributed by atoms with Gasteiger partial charge in [-0.25, -0.2) is 0 Å². The van der Waals surface area contributed by atoms with Gasteiger partial charge in [-0.1, -0.05) is 6.92 Å². The first-order valence-electron chi connectivity index (χ1n) is 7.36. The molecule has 1 aliphatic heterocycles. The molecule has 0 aromatic heterocycles. The van der Waals surface area contributed by atoms with E-state index in [0.29, 0.717) is 6.61 Å². The molecule has 1 saturated heterocycles.